The van der Waals surface area contributed by atoms with Gasteiger partial charge in [0.1, 0.15) is 6.63 Å². The number of hydrogen-bond acceptors (Lipinski definition) is 1. The fourth-order valence-corrected chi connectivity index (χ4v) is 2.12. The summed E-state index contributed by atoms with van der Waals surface area (Å²) in [5.41, 5.74) is 0.928. The summed E-state index contributed by atoms with van der Waals surface area (Å²) in [5.74, 6) is 0. The van der Waals surface area contributed by atoms with Gasteiger partial charge in [0, 0.05) is 10.2 Å². The summed E-state index contributed by atoms with van der Waals surface area (Å²) in [6, 6.07) is 7.61. The molecule has 0 bridgehead atoms. The molecule has 0 aliphatic rings. The largest absolute Gasteiger partial charge is 0.143 e. The molecule has 4 heteroatoms. The normalized spacial score (nSPS) is 10.3. The van der Waals surface area contributed by atoms with E-state index in [2.05, 4.69) is 19.2 Å². The number of rotatable bonds is 2. The quantitative estimate of drug-likeness (QED) is 0.557. The molecule has 0 saturated heterocycles. The number of halogens is 2. The number of thiol groups is 1. The maximum Gasteiger partial charge on any atom is 0.116 e. The summed E-state index contributed by atoms with van der Waals surface area (Å²) in [6.45, 7) is 2.65. The standard InChI is InChI=1S/C8H7Cl2PS/c1-6(11(9)10)7-4-2-3-5-8(7)12/h2-5,12H,1H2. The third-order valence-electron chi connectivity index (χ3n) is 1.42. The Bertz CT molecular complexity index is 299. The second kappa shape index (κ2) is 4.53. The molecule has 0 heterocycles. The van der Waals surface area contributed by atoms with Crippen molar-refractivity contribution in [1.29, 1.82) is 0 Å². The minimum absolute atomic E-state index is 0.749. The summed E-state index contributed by atoms with van der Waals surface area (Å²) in [7, 11) is 0. The topological polar surface area (TPSA) is 0 Å². The van der Waals surface area contributed by atoms with Gasteiger partial charge in [0.2, 0.25) is 0 Å². The molecule has 0 spiro atoms. The van der Waals surface area contributed by atoms with Crippen molar-refractivity contribution in [2.45, 2.75) is 4.90 Å². The summed E-state index contributed by atoms with van der Waals surface area (Å²) in [4.78, 5) is 0.858. The van der Waals surface area contributed by atoms with Crippen molar-refractivity contribution < 1.29 is 0 Å². The Morgan fingerprint density at radius 2 is 1.92 bits per heavy atom. The molecule has 0 fully saturated rings. The van der Waals surface area contributed by atoms with Gasteiger partial charge in [0.25, 0.3) is 0 Å². The van der Waals surface area contributed by atoms with E-state index in [-0.39, 0.29) is 0 Å². The highest BCUT2D eigenvalue weighted by Crippen LogP contribution is 2.58. The van der Waals surface area contributed by atoms with Crippen LogP contribution in [0.5, 0.6) is 0 Å². The van der Waals surface area contributed by atoms with E-state index in [4.69, 9.17) is 22.5 Å². The minimum Gasteiger partial charge on any atom is -0.143 e. The van der Waals surface area contributed by atoms with Gasteiger partial charge >= 0.3 is 0 Å². The first-order valence-electron chi connectivity index (χ1n) is 3.22. The smallest absolute Gasteiger partial charge is 0.116 e. The van der Waals surface area contributed by atoms with Crippen molar-refractivity contribution in [2.75, 3.05) is 0 Å². The zero-order chi connectivity index (χ0) is 9.14. The number of benzene rings is 1. The first-order chi connectivity index (χ1) is 5.63. The first-order valence-corrected chi connectivity index (χ1v) is 6.82. The summed E-state index contributed by atoms with van der Waals surface area (Å²) >= 11 is 15.7. The predicted molar refractivity (Wildman–Crippen MR) is 61.4 cm³/mol. The zero-order valence-electron chi connectivity index (χ0n) is 6.17. The van der Waals surface area contributed by atoms with Crippen LogP contribution >= 0.6 is 41.7 Å². The lowest BCUT2D eigenvalue weighted by atomic mass is 10.2. The summed E-state index contributed by atoms with van der Waals surface area (Å²) < 4.78 is 0. The van der Waals surface area contributed by atoms with E-state index in [1.54, 1.807) is 0 Å². The van der Waals surface area contributed by atoms with Crippen LogP contribution < -0.4 is 0 Å². The van der Waals surface area contributed by atoms with Crippen LogP contribution in [0.1, 0.15) is 5.56 Å². The Morgan fingerprint density at radius 1 is 1.33 bits per heavy atom. The molecular formula is C8H7Cl2PS. The Hall–Kier alpha value is 0.320. The van der Waals surface area contributed by atoms with Crippen molar-refractivity contribution in [2.24, 2.45) is 0 Å². The summed E-state index contributed by atoms with van der Waals surface area (Å²) in [5, 5.41) is 0.749. The van der Waals surface area contributed by atoms with Gasteiger partial charge in [-0.25, -0.2) is 0 Å². The average molecular weight is 237 g/mol. The Kier molecular flexibility index (Phi) is 3.92. The molecule has 12 heavy (non-hydrogen) atoms. The first kappa shape index (κ1) is 10.4. The van der Waals surface area contributed by atoms with Crippen LogP contribution in [0.15, 0.2) is 35.7 Å². The van der Waals surface area contributed by atoms with Gasteiger partial charge in [-0.05, 0) is 11.6 Å². The van der Waals surface area contributed by atoms with Gasteiger partial charge in [-0.3, -0.25) is 0 Å². The Labute approximate surface area is 88.3 Å². The monoisotopic (exact) mass is 236 g/mol. The lowest BCUT2D eigenvalue weighted by Gasteiger charge is -2.07. The average Bonchev–Trinajstić information content (AvgIpc) is 2.04. The van der Waals surface area contributed by atoms with E-state index in [9.17, 15) is 0 Å². The lowest BCUT2D eigenvalue weighted by molar-refractivity contribution is 1.43. The molecule has 1 aromatic rings. The Morgan fingerprint density at radius 3 is 2.42 bits per heavy atom. The molecule has 0 aliphatic carbocycles. The fourth-order valence-electron chi connectivity index (χ4n) is 0.809. The van der Waals surface area contributed by atoms with E-state index < -0.39 is 6.63 Å². The molecule has 0 aromatic heterocycles. The summed E-state index contributed by atoms with van der Waals surface area (Å²) in [6.07, 6.45) is 0. The van der Waals surface area contributed by atoms with Crippen molar-refractivity contribution in [3.63, 3.8) is 0 Å². The molecule has 0 aliphatic heterocycles. The van der Waals surface area contributed by atoms with E-state index in [0.29, 0.717) is 0 Å². The third-order valence-corrected chi connectivity index (χ3v) is 3.68. The Balaban J connectivity index is 3.03. The lowest BCUT2D eigenvalue weighted by Crippen LogP contribution is -1.78. The van der Waals surface area contributed by atoms with Gasteiger partial charge in [-0.15, -0.1) is 12.6 Å². The molecule has 1 aromatic carbocycles. The van der Waals surface area contributed by atoms with Crippen LogP contribution in [0.3, 0.4) is 0 Å². The van der Waals surface area contributed by atoms with Gasteiger partial charge in [-0.1, -0.05) is 47.3 Å². The van der Waals surface area contributed by atoms with Gasteiger partial charge < -0.3 is 0 Å². The fraction of sp³-hybridized carbons (Fsp3) is 0. The van der Waals surface area contributed by atoms with Crippen LogP contribution in [0.2, 0.25) is 0 Å². The van der Waals surface area contributed by atoms with Crippen molar-refractivity contribution in [3.8, 4) is 0 Å². The van der Waals surface area contributed by atoms with Crippen LogP contribution in [0.4, 0.5) is 0 Å². The van der Waals surface area contributed by atoms with Gasteiger partial charge in [0.05, 0.1) is 0 Å². The minimum atomic E-state index is -1.15. The van der Waals surface area contributed by atoms with Crippen molar-refractivity contribution in [1.82, 2.24) is 0 Å². The molecule has 0 nitrogen and oxygen atoms in total. The van der Waals surface area contributed by atoms with E-state index in [0.717, 1.165) is 15.8 Å². The van der Waals surface area contributed by atoms with Crippen LogP contribution in [-0.2, 0) is 0 Å². The van der Waals surface area contributed by atoms with Crippen molar-refractivity contribution in [3.05, 3.63) is 36.4 Å². The number of hydrogen-bond donors (Lipinski definition) is 1. The van der Waals surface area contributed by atoms with Crippen molar-refractivity contribution >= 4 is 47.1 Å². The molecule has 0 saturated carbocycles. The maximum atomic E-state index is 5.73. The molecule has 0 atom stereocenters. The van der Waals surface area contributed by atoms with E-state index >= 15 is 0 Å². The van der Waals surface area contributed by atoms with Gasteiger partial charge in [0.15, 0.2) is 0 Å². The van der Waals surface area contributed by atoms with Crippen LogP contribution in [-0.4, -0.2) is 0 Å². The van der Waals surface area contributed by atoms with Gasteiger partial charge in [-0.2, -0.15) is 0 Å². The maximum absolute atomic E-state index is 5.73. The molecular weight excluding hydrogens is 230 g/mol. The zero-order valence-corrected chi connectivity index (χ0v) is 9.47. The van der Waals surface area contributed by atoms with Crippen LogP contribution in [0.25, 0.3) is 5.31 Å². The SMILES string of the molecule is C=C(c1ccccc1S)P(Cl)Cl. The highest BCUT2D eigenvalue weighted by Gasteiger charge is 2.09. The second-order valence-corrected chi connectivity index (χ2v) is 6.23. The van der Waals surface area contributed by atoms with E-state index in [1.165, 1.54) is 0 Å². The molecule has 0 amide bonds. The highest BCUT2D eigenvalue weighted by atomic mass is 35.9. The highest BCUT2D eigenvalue weighted by molar-refractivity contribution is 8.10. The molecule has 64 valence electrons. The van der Waals surface area contributed by atoms with E-state index in [1.807, 2.05) is 24.3 Å². The molecule has 0 radical (unpaired) electrons. The molecule has 0 N–H and O–H groups in total. The second-order valence-electron chi connectivity index (χ2n) is 2.20. The predicted octanol–water partition coefficient (Wildman–Crippen LogP) is 4.74. The molecule has 1 rings (SSSR count). The molecule has 0 unspecified atom stereocenters. The van der Waals surface area contributed by atoms with Crippen LogP contribution in [0, 0.1) is 0 Å². The third kappa shape index (κ3) is 2.40.